The second-order valence-electron chi connectivity index (χ2n) is 2.32. The molecule has 0 unspecified atom stereocenters. The molecule has 5 N–H and O–H groups in total. The molecule has 0 amide bonds. The highest BCUT2D eigenvalue weighted by Gasteiger charge is 2.19. The summed E-state index contributed by atoms with van der Waals surface area (Å²) < 4.78 is 4.18. The molecular weight excluding hydrogens is 164 g/mol. The number of nitrogens with two attached hydrogens (primary N) is 2. The van der Waals surface area contributed by atoms with Gasteiger partial charge in [0.2, 0.25) is 0 Å². The number of rotatable bonds is 3. The van der Waals surface area contributed by atoms with E-state index in [1.165, 1.54) is 6.92 Å². The van der Waals surface area contributed by atoms with Gasteiger partial charge in [0, 0.05) is 0 Å². The van der Waals surface area contributed by atoms with Crippen molar-refractivity contribution < 1.29 is 19.4 Å². The van der Waals surface area contributed by atoms with E-state index in [1.54, 1.807) is 0 Å². The van der Waals surface area contributed by atoms with E-state index in [2.05, 4.69) is 4.74 Å². The van der Waals surface area contributed by atoms with Gasteiger partial charge in [0.1, 0.15) is 12.1 Å². The van der Waals surface area contributed by atoms with Gasteiger partial charge in [0.25, 0.3) is 0 Å². The van der Waals surface area contributed by atoms with Gasteiger partial charge >= 0.3 is 11.9 Å². The molecule has 6 heteroatoms. The lowest BCUT2D eigenvalue weighted by molar-refractivity contribution is -0.161. The van der Waals surface area contributed by atoms with Crippen LogP contribution in [0.2, 0.25) is 0 Å². The molecule has 0 saturated heterocycles. The van der Waals surface area contributed by atoms with Crippen LogP contribution >= 0.6 is 0 Å². The number of carbonyl (C=O) groups is 2. The Kier molecular flexibility index (Phi) is 4.42. The summed E-state index contributed by atoms with van der Waals surface area (Å²) in [5.74, 6) is -1.83. The first-order valence-corrected chi connectivity index (χ1v) is 3.36. The molecule has 0 aromatic rings. The van der Waals surface area contributed by atoms with Crippen molar-refractivity contribution in [3.05, 3.63) is 0 Å². The first-order chi connectivity index (χ1) is 5.49. The van der Waals surface area contributed by atoms with E-state index in [1.807, 2.05) is 0 Å². The van der Waals surface area contributed by atoms with Crippen LogP contribution in [-0.2, 0) is 14.3 Å². The van der Waals surface area contributed by atoms with Crippen molar-refractivity contribution in [2.75, 3.05) is 6.61 Å². The van der Waals surface area contributed by atoms with Crippen LogP contribution in [0.15, 0.2) is 0 Å². The molecule has 0 saturated carbocycles. The summed E-state index contributed by atoms with van der Waals surface area (Å²) in [6.45, 7) is 0.811. The highest BCUT2D eigenvalue weighted by Crippen LogP contribution is 1.88. The van der Waals surface area contributed by atoms with E-state index in [4.69, 9.17) is 16.6 Å². The van der Waals surface area contributed by atoms with Gasteiger partial charge in [-0.2, -0.15) is 0 Å². The third kappa shape index (κ3) is 3.42. The first-order valence-electron chi connectivity index (χ1n) is 3.36. The van der Waals surface area contributed by atoms with E-state index < -0.39 is 30.6 Å². The van der Waals surface area contributed by atoms with Gasteiger partial charge in [-0.15, -0.1) is 0 Å². The molecule has 0 aliphatic heterocycles. The number of carbonyl (C=O) groups excluding carboxylic acids is 2. The van der Waals surface area contributed by atoms with Crippen LogP contribution in [-0.4, -0.2) is 35.7 Å². The van der Waals surface area contributed by atoms with Gasteiger partial charge in [-0.25, -0.2) is 9.59 Å². The fraction of sp³-hybridized carbons (Fsp3) is 0.667. The van der Waals surface area contributed by atoms with Crippen molar-refractivity contribution in [2.45, 2.75) is 19.0 Å². The average molecular weight is 176 g/mol. The molecule has 0 aliphatic carbocycles. The van der Waals surface area contributed by atoms with Gasteiger partial charge < -0.3 is 21.3 Å². The van der Waals surface area contributed by atoms with Crippen molar-refractivity contribution in [3.63, 3.8) is 0 Å². The van der Waals surface area contributed by atoms with Crippen LogP contribution in [0.25, 0.3) is 0 Å². The van der Waals surface area contributed by atoms with Crippen molar-refractivity contribution >= 4 is 11.9 Å². The Bertz CT molecular complexity index is 180. The molecule has 0 aromatic carbocycles. The fourth-order valence-corrected chi connectivity index (χ4v) is 0.342. The Hall–Kier alpha value is -0.980. The topological polar surface area (TPSA) is 116 Å². The maximum atomic E-state index is 10.7. The van der Waals surface area contributed by atoms with Crippen LogP contribution in [0.3, 0.4) is 0 Å². The van der Waals surface area contributed by atoms with Gasteiger partial charge in [-0.3, -0.25) is 0 Å². The lowest BCUT2D eigenvalue weighted by Gasteiger charge is -2.08. The predicted octanol–water partition coefficient (Wildman–Crippen LogP) is -2.28. The second kappa shape index (κ2) is 4.81. The molecule has 70 valence electrons. The summed E-state index contributed by atoms with van der Waals surface area (Å²) in [5, 5.41) is 8.39. The maximum Gasteiger partial charge on any atom is 0.332 e. The Morgan fingerprint density at radius 2 is 1.92 bits per heavy atom. The van der Waals surface area contributed by atoms with Crippen LogP contribution in [0.5, 0.6) is 0 Å². The lowest BCUT2D eigenvalue weighted by Crippen LogP contribution is -2.40. The SMILES string of the molecule is C[C@H](N)C(=O)OC(=O)[C@@H](N)CO. The number of ether oxygens (including phenoxy) is 1. The summed E-state index contributed by atoms with van der Waals surface area (Å²) in [6, 6.07) is -2.06. The van der Waals surface area contributed by atoms with Crippen LogP contribution in [0.4, 0.5) is 0 Å². The zero-order valence-corrected chi connectivity index (χ0v) is 6.69. The highest BCUT2D eigenvalue weighted by molar-refractivity contribution is 5.90. The van der Waals surface area contributed by atoms with Crippen LogP contribution in [0.1, 0.15) is 6.92 Å². The zero-order valence-electron chi connectivity index (χ0n) is 6.69. The van der Waals surface area contributed by atoms with Crippen molar-refractivity contribution in [1.29, 1.82) is 0 Å². The van der Waals surface area contributed by atoms with Gasteiger partial charge in [0.15, 0.2) is 0 Å². The summed E-state index contributed by atoms with van der Waals surface area (Å²) in [6.07, 6.45) is 0. The highest BCUT2D eigenvalue weighted by atomic mass is 16.6. The number of aliphatic hydroxyl groups excluding tert-OH is 1. The van der Waals surface area contributed by atoms with E-state index in [0.717, 1.165) is 0 Å². The van der Waals surface area contributed by atoms with E-state index in [0.29, 0.717) is 0 Å². The molecule has 0 radical (unpaired) electrons. The normalized spacial score (nSPS) is 15.0. The summed E-state index contributed by atoms with van der Waals surface area (Å²) in [7, 11) is 0. The average Bonchev–Trinajstić information content (AvgIpc) is 2.02. The minimum Gasteiger partial charge on any atom is -0.394 e. The molecule has 0 fully saturated rings. The molecular formula is C6H12N2O4. The Morgan fingerprint density at radius 3 is 2.25 bits per heavy atom. The largest absolute Gasteiger partial charge is 0.394 e. The van der Waals surface area contributed by atoms with E-state index in [-0.39, 0.29) is 0 Å². The maximum absolute atomic E-state index is 10.7. The number of hydrogen-bond donors (Lipinski definition) is 3. The summed E-state index contributed by atoms with van der Waals surface area (Å²) in [4.78, 5) is 21.4. The molecule has 0 rings (SSSR count). The van der Waals surface area contributed by atoms with Crippen molar-refractivity contribution in [1.82, 2.24) is 0 Å². The van der Waals surface area contributed by atoms with Gasteiger partial charge in [-0.05, 0) is 6.92 Å². The number of hydrogen-bond acceptors (Lipinski definition) is 6. The zero-order chi connectivity index (χ0) is 9.72. The molecule has 12 heavy (non-hydrogen) atoms. The Morgan fingerprint density at radius 1 is 1.42 bits per heavy atom. The third-order valence-electron chi connectivity index (χ3n) is 1.07. The van der Waals surface area contributed by atoms with Crippen molar-refractivity contribution in [3.8, 4) is 0 Å². The molecule has 0 spiro atoms. The fourth-order valence-electron chi connectivity index (χ4n) is 0.342. The van der Waals surface area contributed by atoms with Crippen molar-refractivity contribution in [2.24, 2.45) is 11.5 Å². The second-order valence-corrected chi connectivity index (χ2v) is 2.32. The third-order valence-corrected chi connectivity index (χ3v) is 1.07. The lowest BCUT2D eigenvalue weighted by atomic mass is 10.3. The van der Waals surface area contributed by atoms with E-state index in [9.17, 15) is 9.59 Å². The molecule has 0 aliphatic rings. The standard InChI is InChI=1S/C6H12N2O4/c1-3(7)5(10)12-6(11)4(8)2-9/h3-4,9H,2,7-8H2,1H3/t3-,4-/m0/s1. The molecule has 0 heterocycles. The monoisotopic (exact) mass is 176 g/mol. The first kappa shape index (κ1) is 11.0. The van der Waals surface area contributed by atoms with Gasteiger partial charge in [0.05, 0.1) is 6.61 Å². The minimum atomic E-state index is -1.19. The predicted molar refractivity (Wildman–Crippen MR) is 39.8 cm³/mol. The Labute approximate surface area is 69.5 Å². The van der Waals surface area contributed by atoms with E-state index >= 15 is 0 Å². The van der Waals surface area contributed by atoms with Crippen LogP contribution < -0.4 is 11.5 Å². The summed E-state index contributed by atoms with van der Waals surface area (Å²) in [5.41, 5.74) is 10.1. The quantitative estimate of drug-likeness (QED) is 0.329. The Balaban J connectivity index is 3.93. The van der Waals surface area contributed by atoms with Crippen LogP contribution in [0, 0.1) is 0 Å². The number of aliphatic hydroxyl groups is 1. The molecule has 0 aromatic heterocycles. The minimum absolute atomic E-state index is 0.564. The number of esters is 2. The molecule has 2 atom stereocenters. The summed E-state index contributed by atoms with van der Waals surface area (Å²) >= 11 is 0. The van der Waals surface area contributed by atoms with Gasteiger partial charge in [-0.1, -0.05) is 0 Å². The molecule has 0 bridgehead atoms. The smallest absolute Gasteiger partial charge is 0.332 e. The molecule has 6 nitrogen and oxygen atoms in total.